The maximum Gasteiger partial charge on any atom is 0.225 e. The molecule has 0 fully saturated rings. The molecular weight excluding hydrogens is 359 g/mol. The largest absolute Gasteiger partial charge is 0.326 e. The molecule has 1 amide bonds. The second-order valence-corrected chi connectivity index (χ2v) is 8.66. The Kier molecular flexibility index (Phi) is 7.80. The number of hydrogen-bond donors (Lipinski definition) is 1. The lowest BCUT2D eigenvalue weighted by Crippen LogP contribution is -2.34. The smallest absolute Gasteiger partial charge is 0.225 e. The van der Waals surface area contributed by atoms with Gasteiger partial charge < -0.3 is 5.32 Å². The predicted molar refractivity (Wildman–Crippen MR) is 95.6 cm³/mol. The van der Waals surface area contributed by atoms with E-state index in [1.807, 2.05) is 13.8 Å². The van der Waals surface area contributed by atoms with Crippen molar-refractivity contribution in [2.75, 3.05) is 24.7 Å². The molecule has 0 bridgehead atoms. The molecule has 1 aromatic carbocycles. The van der Waals surface area contributed by atoms with Crippen molar-refractivity contribution in [3.05, 3.63) is 28.2 Å². The molecule has 0 aromatic heterocycles. The van der Waals surface area contributed by atoms with Gasteiger partial charge in [-0.25, -0.2) is 12.7 Å². The van der Waals surface area contributed by atoms with Crippen LogP contribution in [-0.2, 0) is 14.8 Å². The van der Waals surface area contributed by atoms with Gasteiger partial charge in [0.25, 0.3) is 0 Å². The molecule has 8 heteroatoms. The number of sulfonamides is 1. The van der Waals surface area contributed by atoms with Gasteiger partial charge in [-0.2, -0.15) is 0 Å². The standard InChI is InChI=1S/C15H22Cl2N2O3S/c1-11(2)4-6-19(23(3,21)22)7-5-15(20)18-14-9-12(16)8-13(17)10-14/h8-11H,4-7H2,1-3H3,(H,18,20). The van der Waals surface area contributed by atoms with Crippen LogP contribution in [0.15, 0.2) is 18.2 Å². The fourth-order valence-corrected chi connectivity index (χ4v) is 3.31. The lowest BCUT2D eigenvalue weighted by molar-refractivity contribution is -0.116. The number of carbonyl (C=O) groups is 1. The maximum absolute atomic E-state index is 12.0. The Morgan fingerprint density at radius 3 is 2.22 bits per heavy atom. The van der Waals surface area contributed by atoms with E-state index in [2.05, 4.69) is 5.32 Å². The van der Waals surface area contributed by atoms with Gasteiger partial charge in [0, 0.05) is 35.2 Å². The second kappa shape index (κ2) is 8.87. The van der Waals surface area contributed by atoms with Crippen molar-refractivity contribution >= 4 is 44.8 Å². The molecule has 1 N–H and O–H groups in total. The van der Waals surface area contributed by atoms with Crippen LogP contribution in [0.4, 0.5) is 5.69 Å². The molecule has 0 saturated heterocycles. The summed E-state index contributed by atoms with van der Waals surface area (Å²) in [5.41, 5.74) is 0.487. The Hall–Kier alpha value is -0.820. The number of nitrogens with one attached hydrogen (secondary N) is 1. The van der Waals surface area contributed by atoms with Gasteiger partial charge in [0.2, 0.25) is 15.9 Å². The van der Waals surface area contributed by atoms with Crippen LogP contribution in [0, 0.1) is 5.92 Å². The van der Waals surface area contributed by atoms with E-state index in [1.165, 1.54) is 4.31 Å². The summed E-state index contributed by atoms with van der Waals surface area (Å²) in [6, 6.07) is 4.73. The third-order valence-electron chi connectivity index (χ3n) is 3.16. The Balaban J connectivity index is 2.61. The zero-order valence-electron chi connectivity index (χ0n) is 13.5. The minimum atomic E-state index is -3.33. The van der Waals surface area contributed by atoms with E-state index in [1.54, 1.807) is 18.2 Å². The molecule has 0 atom stereocenters. The average molecular weight is 381 g/mol. The quantitative estimate of drug-likeness (QED) is 0.748. The highest BCUT2D eigenvalue weighted by Crippen LogP contribution is 2.22. The van der Waals surface area contributed by atoms with Crippen LogP contribution in [-0.4, -0.2) is 38.0 Å². The monoisotopic (exact) mass is 380 g/mol. The summed E-state index contributed by atoms with van der Waals surface area (Å²) in [6.45, 7) is 4.60. The van der Waals surface area contributed by atoms with Gasteiger partial charge >= 0.3 is 0 Å². The van der Waals surface area contributed by atoms with Crippen molar-refractivity contribution in [1.29, 1.82) is 0 Å². The summed E-state index contributed by atoms with van der Waals surface area (Å²) < 4.78 is 24.9. The average Bonchev–Trinajstić information content (AvgIpc) is 2.35. The van der Waals surface area contributed by atoms with Gasteiger partial charge in [-0.05, 0) is 30.5 Å². The fraction of sp³-hybridized carbons (Fsp3) is 0.533. The van der Waals surface area contributed by atoms with Crippen molar-refractivity contribution < 1.29 is 13.2 Å². The van der Waals surface area contributed by atoms with Crippen LogP contribution in [0.1, 0.15) is 26.7 Å². The maximum atomic E-state index is 12.0. The highest BCUT2D eigenvalue weighted by molar-refractivity contribution is 7.88. The first kappa shape index (κ1) is 20.2. The topological polar surface area (TPSA) is 66.5 Å². The lowest BCUT2D eigenvalue weighted by atomic mass is 10.1. The first-order valence-corrected chi connectivity index (χ1v) is 9.89. The van der Waals surface area contributed by atoms with Crippen molar-refractivity contribution in [3.8, 4) is 0 Å². The molecule has 0 aliphatic rings. The Morgan fingerprint density at radius 2 is 1.74 bits per heavy atom. The number of rotatable bonds is 8. The third kappa shape index (κ3) is 8.01. The zero-order chi connectivity index (χ0) is 17.6. The molecule has 1 rings (SSSR count). The molecule has 0 radical (unpaired) electrons. The van der Waals surface area contributed by atoms with Crippen molar-refractivity contribution in [3.63, 3.8) is 0 Å². The number of anilines is 1. The molecule has 0 heterocycles. The number of benzene rings is 1. The summed E-state index contributed by atoms with van der Waals surface area (Å²) in [5, 5.41) is 3.50. The molecule has 0 aliphatic carbocycles. The summed E-state index contributed by atoms with van der Waals surface area (Å²) >= 11 is 11.7. The van der Waals surface area contributed by atoms with E-state index in [0.717, 1.165) is 12.7 Å². The van der Waals surface area contributed by atoms with Gasteiger partial charge in [0.1, 0.15) is 0 Å². The number of nitrogens with zero attached hydrogens (tertiary/aromatic N) is 1. The van der Waals surface area contributed by atoms with Crippen molar-refractivity contribution in [1.82, 2.24) is 4.31 Å². The zero-order valence-corrected chi connectivity index (χ0v) is 15.8. The predicted octanol–water partition coefficient (Wildman–Crippen LogP) is 3.63. The summed E-state index contributed by atoms with van der Waals surface area (Å²) in [5.74, 6) is 0.100. The third-order valence-corrected chi connectivity index (χ3v) is 4.90. The van der Waals surface area contributed by atoms with Crippen LogP contribution in [0.3, 0.4) is 0 Å². The molecule has 23 heavy (non-hydrogen) atoms. The first-order chi connectivity index (χ1) is 10.6. The molecule has 0 unspecified atom stereocenters. The van der Waals surface area contributed by atoms with Crippen LogP contribution in [0.25, 0.3) is 0 Å². The van der Waals surface area contributed by atoms with E-state index < -0.39 is 10.0 Å². The summed E-state index contributed by atoms with van der Waals surface area (Å²) in [4.78, 5) is 12.0. The first-order valence-electron chi connectivity index (χ1n) is 7.29. The molecule has 0 saturated carbocycles. The minimum absolute atomic E-state index is 0.0648. The minimum Gasteiger partial charge on any atom is -0.326 e. The second-order valence-electron chi connectivity index (χ2n) is 5.80. The highest BCUT2D eigenvalue weighted by atomic mass is 35.5. The van der Waals surface area contributed by atoms with Crippen LogP contribution in [0.5, 0.6) is 0 Å². The van der Waals surface area contributed by atoms with Gasteiger partial charge in [-0.1, -0.05) is 37.0 Å². The van der Waals surface area contributed by atoms with Gasteiger partial charge in [0.15, 0.2) is 0 Å². The Bertz CT molecular complexity index is 628. The fourth-order valence-electron chi connectivity index (χ4n) is 1.92. The van der Waals surface area contributed by atoms with E-state index in [0.29, 0.717) is 28.2 Å². The highest BCUT2D eigenvalue weighted by Gasteiger charge is 2.18. The van der Waals surface area contributed by atoms with Crippen LogP contribution < -0.4 is 5.32 Å². The van der Waals surface area contributed by atoms with Crippen LogP contribution >= 0.6 is 23.2 Å². The van der Waals surface area contributed by atoms with Gasteiger partial charge in [-0.15, -0.1) is 0 Å². The molecule has 130 valence electrons. The molecule has 0 aliphatic heterocycles. The van der Waals surface area contributed by atoms with Gasteiger partial charge in [0.05, 0.1) is 6.26 Å². The number of carbonyl (C=O) groups excluding carboxylic acids is 1. The van der Waals surface area contributed by atoms with Crippen molar-refractivity contribution in [2.45, 2.75) is 26.7 Å². The van der Waals surface area contributed by atoms with E-state index in [9.17, 15) is 13.2 Å². The Morgan fingerprint density at radius 1 is 1.17 bits per heavy atom. The normalized spacial score (nSPS) is 12.0. The summed E-state index contributed by atoms with van der Waals surface area (Å²) in [7, 11) is -3.33. The van der Waals surface area contributed by atoms with Crippen molar-refractivity contribution in [2.24, 2.45) is 5.92 Å². The van der Waals surface area contributed by atoms with Crippen LogP contribution in [0.2, 0.25) is 10.0 Å². The molecule has 0 spiro atoms. The molecular formula is C15H22Cl2N2O3S. The Labute approximate surface area is 148 Å². The molecule has 1 aromatic rings. The molecule has 5 nitrogen and oxygen atoms in total. The van der Waals surface area contributed by atoms with E-state index in [4.69, 9.17) is 23.2 Å². The summed E-state index contributed by atoms with van der Waals surface area (Å²) in [6.07, 6.45) is 1.97. The number of amides is 1. The number of hydrogen-bond acceptors (Lipinski definition) is 3. The lowest BCUT2D eigenvalue weighted by Gasteiger charge is -2.20. The SMILES string of the molecule is CC(C)CCN(CCC(=O)Nc1cc(Cl)cc(Cl)c1)S(C)(=O)=O. The van der Waals surface area contributed by atoms with Gasteiger partial charge in [-0.3, -0.25) is 4.79 Å². The van der Waals surface area contributed by atoms with E-state index >= 15 is 0 Å². The van der Waals surface area contributed by atoms with E-state index in [-0.39, 0.29) is 18.9 Å². The number of halogens is 2.